The van der Waals surface area contributed by atoms with Crippen LogP contribution in [0.25, 0.3) is 6.08 Å². The van der Waals surface area contributed by atoms with E-state index in [1.165, 1.54) is 13.2 Å². The van der Waals surface area contributed by atoms with Crippen LogP contribution >= 0.6 is 0 Å². The van der Waals surface area contributed by atoms with Gasteiger partial charge in [-0.3, -0.25) is 0 Å². The zero-order valence-corrected chi connectivity index (χ0v) is 12.0. The Kier molecular flexibility index (Phi) is 6.29. The zero-order chi connectivity index (χ0) is 15.0. The first kappa shape index (κ1) is 15.8. The van der Waals surface area contributed by atoms with Gasteiger partial charge in [0.05, 0.1) is 7.11 Å². The summed E-state index contributed by atoms with van der Waals surface area (Å²) in [4.78, 5) is 24.6. The molecule has 108 valence electrons. The van der Waals surface area contributed by atoms with E-state index in [1.807, 2.05) is 13.8 Å². The van der Waals surface area contributed by atoms with Crippen LogP contribution in [0, 0.1) is 0 Å². The van der Waals surface area contributed by atoms with E-state index in [-0.39, 0.29) is 0 Å². The van der Waals surface area contributed by atoms with Crippen LogP contribution in [0.5, 0.6) is 5.75 Å². The topological polar surface area (TPSA) is 55.8 Å². The average molecular weight is 277 g/mol. The molecular formula is C15H19NO4. The molecule has 1 rings (SSSR count). The number of hydrogen-bond donors (Lipinski definition) is 0. The number of methoxy groups -OCH3 is 1. The minimum absolute atomic E-state index is 0.407. The number of rotatable bonds is 5. The van der Waals surface area contributed by atoms with E-state index in [1.54, 1.807) is 35.2 Å². The number of para-hydroxylation sites is 1. The maximum atomic E-state index is 11.9. The van der Waals surface area contributed by atoms with E-state index >= 15 is 0 Å². The first-order chi connectivity index (χ1) is 9.62. The van der Waals surface area contributed by atoms with Crippen molar-refractivity contribution in [2.24, 2.45) is 0 Å². The molecule has 0 unspecified atom stereocenters. The minimum atomic E-state index is -0.463. The molecule has 20 heavy (non-hydrogen) atoms. The van der Waals surface area contributed by atoms with Gasteiger partial charge in [-0.15, -0.1) is 0 Å². The Morgan fingerprint density at radius 3 is 2.45 bits per heavy atom. The highest BCUT2D eigenvalue weighted by atomic mass is 16.6. The molecule has 0 aliphatic rings. The molecule has 0 atom stereocenters. The Balaban J connectivity index is 2.88. The average Bonchev–Trinajstić information content (AvgIpc) is 2.47. The Bertz CT molecular complexity index is 492. The first-order valence-corrected chi connectivity index (χ1v) is 6.44. The zero-order valence-electron chi connectivity index (χ0n) is 12.0. The van der Waals surface area contributed by atoms with Crippen molar-refractivity contribution < 1.29 is 19.1 Å². The van der Waals surface area contributed by atoms with Gasteiger partial charge in [-0.2, -0.15) is 0 Å². The van der Waals surface area contributed by atoms with Gasteiger partial charge in [0.2, 0.25) is 0 Å². The van der Waals surface area contributed by atoms with Crippen molar-refractivity contribution in [1.29, 1.82) is 0 Å². The van der Waals surface area contributed by atoms with Gasteiger partial charge in [0.25, 0.3) is 0 Å². The van der Waals surface area contributed by atoms with Crippen LogP contribution in [0.1, 0.15) is 19.4 Å². The van der Waals surface area contributed by atoms with Gasteiger partial charge in [0, 0.05) is 24.7 Å². The maximum Gasteiger partial charge on any atom is 0.415 e. The molecule has 0 aliphatic heterocycles. The number of nitrogens with zero attached hydrogens (tertiary/aromatic N) is 1. The number of esters is 1. The molecule has 0 N–H and O–H groups in total. The maximum absolute atomic E-state index is 11.9. The number of amides is 1. The summed E-state index contributed by atoms with van der Waals surface area (Å²) in [5.74, 6) is -0.0561. The number of benzene rings is 1. The Hall–Kier alpha value is -2.30. The summed E-state index contributed by atoms with van der Waals surface area (Å²) < 4.78 is 9.86. The standard InChI is InChI=1S/C15H19NO4/c1-4-16(5-2)15(18)20-13-9-7-6-8-12(13)10-11-14(17)19-3/h6-11H,4-5H2,1-3H3/b11-10+. The molecule has 0 aliphatic carbocycles. The van der Waals surface area contributed by atoms with Crippen molar-refractivity contribution >= 4 is 18.1 Å². The van der Waals surface area contributed by atoms with E-state index in [0.29, 0.717) is 24.4 Å². The molecular weight excluding hydrogens is 258 g/mol. The molecule has 0 aromatic heterocycles. The molecule has 5 heteroatoms. The van der Waals surface area contributed by atoms with Crippen LogP contribution < -0.4 is 4.74 Å². The summed E-state index contributed by atoms with van der Waals surface area (Å²) >= 11 is 0. The Morgan fingerprint density at radius 1 is 1.20 bits per heavy atom. The smallest absolute Gasteiger partial charge is 0.415 e. The Labute approximate surface area is 118 Å². The highest BCUT2D eigenvalue weighted by Crippen LogP contribution is 2.20. The van der Waals surface area contributed by atoms with Crippen LogP contribution in [0.4, 0.5) is 4.79 Å². The summed E-state index contributed by atoms with van der Waals surface area (Å²) in [6, 6.07) is 6.99. The highest BCUT2D eigenvalue weighted by molar-refractivity contribution is 5.87. The highest BCUT2D eigenvalue weighted by Gasteiger charge is 2.13. The number of ether oxygens (including phenoxy) is 2. The molecule has 0 saturated carbocycles. The van der Waals surface area contributed by atoms with Crippen molar-refractivity contribution in [2.45, 2.75) is 13.8 Å². The van der Waals surface area contributed by atoms with Gasteiger partial charge < -0.3 is 14.4 Å². The lowest BCUT2D eigenvalue weighted by Gasteiger charge is -2.18. The molecule has 0 radical (unpaired) electrons. The van der Waals surface area contributed by atoms with Crippen molar-refractivity contribution in [1.82, 2.24) is 4.90 Å². The van der Waals surface area contributed by atoms with E-state index in [9.17, 15) is 9.59 Å². The van der Waals surface area contributed by atoms with Crippen molar-refractivity contribution in [3.8, 4) is 5.75 Å². The van der Waals surface area contributed by atoms with Crippen LogP contribution in [0.15, 0.2) is 30.3 Å². The van der Waals surface area contributed by atoms with E-state index in [2.05, 4.69) is 4.74 Å². The second kappa shape index (κ2) is 7.99. The van der Waals surface area contributed by atoms with Gasteiger partial charge in [-0.25, -0.2) is 9.59 Å². The van der Waals surface area contributed by atoms with E-state index in [4.69, 9.17) is 4.74 Å². The second-order valence-electron chi connectivity index (χ2n) is 3.93. The van der Waals surface area contributed by atoms with Crippen LogP contribution in [-0.4, -0.2) is 37.2 Å². The second-order valence-corrected chi connectivity index (χ2v) is 3.93. The molecule has 1 aromatic carbocycles. The van der Waals surface area contributed by atoms with Gasteiger partial charge in [-0.05, 0) is 26.0 Å². The summed E-state index contributed by atoms with van der Waals surface area (Å²) in [6.45, 7) is 4.92. The number of carbonyl (C=O) groups excluding carboxylic acids is 2. The first-order valence-electron chi connectivity index (χ1n) is 6.44. The van der Waals surface area contributed by atoms with Gasteiger partial charge in [0.15, 0.2) is 0 Å². The fourth-order valence-corrected chi connectivity index (χ4v) is 1.58. The SMILES string of the molecule is CCN(CC)C(=O)Oc1ccccc1/C=C/C(=O)OC. The molecule has 1 amide bonds. The summed E-state index contributed by atoms with van der Waals surface area (Å²) in [6.07, 6.45) is 2.43. The quantitative estimate of drug-likeness (QED) is 0.613. The molecule has 0 fully saturated rings. The third kappa shape index (κ3) is 4.42. The minimum Gasteiger partial charge on any atom is -0.466 e. The molecule has 5 nitrogen and oxygen atoms in total. The lowest BCUT2D eigenvalue weighted by atomic mass is 10.2. The molecule has 0 heterocycles. The lowest BCUT2D eigenvalue weighted by Crippen LogP contribution is -2.33. The molecule has 0 bridgehead atoms. The van der Waals surface area contributed by atoms with Crippen molar-refractivity contribution in [3.63, 3.8) is 0 Å². The summed E-state index contributed by atoms with van der Waals surface area (Å²) in [7, 11) is 1.30. The number of carbonyl (C=O) groups is 2. The predicted octanol–water partition coefficient (Wildman–Crippen LogP) is 2.71. The molecule has 0 spiro atoms. The monoisotopic (exact) mass is 277 g/mol. The third-order valence-electron chi connectivity index (χ3n) is 2.74. The third-order valence-corrected chi connectivity index (χ3v) is 2.74. The predicted molar refractivity (Wildman–Crippen MR) is 76.4 cm³/mol. The van der Waals surface area contributed by atoms with E-state index < -0.39 is 12.1 Å². The summed E-state index contributed by atoms with van der Waals surface area (Å²) in [5, 5.41) is 0. The van der Waals surface area contributed by atoms with Crippen molar-refractivity contribution in [3.05, 3.63) is 35.9 Å². The fraction of sp³-hybridized carbons (Fsp3) is 0.333. The van der Waals surface area contributed by atoms with Gasteiger partial charge >= 0.3 is 12.1 Å². The van der Waals surface area contributed by atoms with Crippen LogP contribution in [0.2, 0.25) is 0 Å². The molecule has 0 saturated heterocycles. The fourth-order valence-electron chi connectivity index (χ4n) is 1.58. The van der Waals surface area contributed by atoms with Crippen LogP contribution in [0.3, 0.4) is 0 Å². The molecule has 1 aromatic rings. The van der Waals surface area contributed by atoms with E-state index in [0.717, 1.165) is 0 Å². The van der Waals surface area contributed by atoms with Crippen LogP contribution in [-0.2, 0) is 9.53 Å². The largest absolute Gasteiger partial charge is 0.466 e. The summed E-state index contributed by atoms with van der Waals surface area (Å²) in [5.41, 5.74) is 0.637. The van der Waals surface area contributed by atoms with Gasteiger partial charge in [-0.1, -0.05) is 18.2 Å². The lowest BCUT2D eigenvalue weighted by molar-refractivity contribution is -0.134. The normalized spacial score (nSPS) is 10.3. The van der Waals surface area contributed by atoms with Crippen molar-refractivity contribution in [2.75, 3.05) is 20.2 Å². The Morgan fingerprint density at radius 2 is 1.85 bits per heavy atom. The number of hydrogen-bond acceptors (Lipinski definition) is 4. The van der Waals surface area contributed by atoms with Gasteiger partial charge in [0.1, 0.15) is 5.75 Å².